The quantitative estimate of drug-likeness (QED) is 0.752. The number of pyridine rings is 1. The predicted octanol–water partition coefficient (Wildman–Crippen LogP) is 4.75. The average molecular weight is 333 g/mol. The van der Waals surface area contributed by atoms with Crippen molar-refractivity contribution in [3.05, 3.63) is 53.7 Å². The zero-order chi connectivity index (χ0) is 17.4. The normalized spacial score (nSPS) is 15.0. The van der Waals surface area contributed by atoms with Crippen LogP contribution >= 0.6 is 0 Å². The summed E-state index contributed by atoms with van der Waals surface area (Å²) in [7, 11) is 0. The first-order valence-electron chi connectivity index (χ1n) is 8.98. The van der Waals surface area contributed by atoms with Gasteiger partial charge in [-0.05, 0) is 51.0 Å². The van der Waals surface area contributed by atoms with Gasteiger partial charge in [0.25, 0.3) is 0 Å². The Morgan fingerprint density at radius 2 is 1.84 bits per heavy atom. The summed E-state index contributed by atoms with van der Waals surface area (Å²) < 4.78 is 1.97. The fraction of sp³-hybridized carbons (Fsp3) is 0.333. The van der Waals surface area contributed by atoms with Crippen LogP contribution < -0.4 is 5.32 Å². The van der Waals surface area contributed by atoms with Crippen LogP contribution in [0.3, 0.4) is 0 Å². The number of imidazole rings is 1. The SMILES string of the molecule is Cc1cc(C)cc(-c2nc3ccccn3c2NC(=O)C2CCCC2)c1. The molecule has 1 aliphatic rings. The summed E-state index contributed by atoms with van der Waals surface area (Å²) in [5.41, 5.74) is 5.12. The molecule has 0 aliphatic heterocycles. The Bertz CT molecular complexity index is 915. The van der Waals surface area contributed by atoms with Crippen molar-refractivity contribution in [3.8, 4) is 11.3 Å². The molecule has 1 aromatic carbocycles. The zero-order valence-corrected chi connectivity index (χ0v) is 14.7. The molecule has 0 bridgehead atoms. The second-order valence-corrected chi connectivity index (χ2v) is 7.08. The molecule has 128 valence electrons. The van der Waals surface area contributed by atoms with Gasteiger partial charge in [-0.2, -0.15) is 0 Å². The van der Waals surface area contributed by atoms with Crippen molar-refractivity contribution < 1.29 is 4.79 Å². The van der Waals surface area contributed by atoms with Gasteiger partial charge >= 0.3 is 0 Å². The van der Waals surface area contributed by atoms with Crippen LogP contribution in [0.25, 0.3) is 16.9 Å². The van der Waals surface area contributed by atoms with Crippen LogP contribution in [-0.4, -0.2) is 15.3 Å². The molecule has 0 spiro atoms. The molecule has 1 fully saturated rings. The zero-order valence-electron chi connectivity index (χ0n) is 14.7. The summed E-state index contributed by atoms with van der Waals surface area (Å²) in [5, 5.41) is 3.17. The number of carbonyl (C=O) groups is 1. The minimum atomic E-state index is 0.119. The van der Waals surface area contributed by atoms with Crippen molar-refractivity contribution in [1.82, 2.24) is 9.38 Å². The number of anilines is 1. The van der Waals surface area contributed by atoms with Crippen LogP contribution in [0, 0.1) is 19.8 Å². The number of nitrogens with one attached hydrogen (secondary N) is 1. The maximum atomic E-state index is 12.7. The van der Waals surface area contributed by atoms with E-state index in [1.54, 1.807) is 0 Å². The lowest BCUT2D eigenvalue weighted by Crippen LogP contribution is -2.21. The summed E-state index contributed by atoms with van der Waals surface area (Å²) >= 11 is 0. The van der Waals surface area contributed by atoms with E-state index in [2.05, 4.69) is 37.4 Å². The molecule has 3 aromatic rings. The number of nitrogens with zero attached hydrogens (tertiary/aromatic N) is 2. The lowest BCUT2D eigenvalue weighted by atomic mass is 10.0. The second-order valence-electron chi connectivity index (χ2n) is 7.08. The van der Waals surface area contributed by atoms with E-state index in [4.69, 9.17) is 4.98 Å². The standard InChI is InChI=1S/C21H23N3O/c1-14-11-15(2)13-17(12-14)19-20(23-21(25)16-7-3-4-8-16)24-10-6-5-9-18(24)22-19/h5-6,9-13,16H,3-4,7-8H2,1-2H3,(H,23,25). The summed E-state index contributed by atoms with van der Waals surface area (Å²) in [4.78, 5) is 17.5. The molecule has 0 unspecified atom stereocenters. The lowest BCUT2D eigenvalue weighted by Gasteiger charge is -2.12. The summed E-state index contributed by atoms with van der Waals surface area (Å²) in [6.07, 6.45) is 6.23. The Kier molecular flexibility index (Phi) is 4.04. The summed E-state index contributed by atoms with van der Waals surface area (Å²) in [6.45, 7) is 4.17. The molecule has 4 heteroatoms. The van der Waals surface area contributed by atoms with E-state index < -0.39 is 0 Å². The van der Waals surface area contributed by atoms with Crippen LogP contribution in [0.2, 0.25) is 0 Å². The van der Waals surface area contributed by atoms with E-state index in [-0.39, 0.29) is 11.8 Å². The number of hydrogen-bond acceptors (Lipinski definition) is 2. The van der Waals surface area contributed by atoms with Crippen molar-refractivity contribution in [3.63, 3.8) is 0 Å². The van der Waals surface area contributed by atoms with Crippen molar-refractivity contribution in [2.24, 2.45) is 5.92 Å². The monoisotopic (exact) mass is 333 g/mol. The van der Waals surface area contributed by atoms with Crippen molar-refractivity contribution >= 4 is 17.4 Å². The first-order chi connectivity index (χ1) is 12.1. The number of benzene rings is 1. The van der Waals surface area contributed by atoms with E-state index in [0.29, 0.717) is 0 Å². The maximum Gasteiger partial charge on any atom is 0.228 e. The Labute approximate surface area is 147 Å². The highest BCUT2D eigenvalue weighted by molar-refractivity contribution is 5.96. The average Bonchev–Trinajstić information content (AvgIpc) is 3.22. The van der Waals surface area contributed by atoms with Crippen LogP contribution in [0.4, 0.5) is 5.82 Å². The molecule has 1 amide bonds. The van der Waals surface area contributed by atoms with Crippen LogP contribution in [0.5, 0.6) is 0 Å². The van der Waals surface area contributed by atoms with Gasteiger partial charge in [-0.25, -0.2) is 4.98 Å². The highest BCUT2D eigenvalue weighted by Crippen LogP contribution is 2.32. The van der Waals surface area contributed by atoms with Crippen LogP contribution in [-0.2, 0) is 4.79 Å². The molecule has 0 radical (unpaired) electrons. The van der Waals surface area contributed by atoms with E-state index in [0.717, 1.165) is 48.4 Å². The molecule has 25 heavy (non-hydrogen) atoms. The maximum absolute atomic E-state index is 12.7. The number of carbonyl (C=O) groups excluding carboxylic acids is 1. The first-order valence-corrected chi connectivity index (χ1v) is 8.98. The number of fused-ring (bicyclic) bond motifs is 1. The molecule has 4 nitrogen and oxygen atoms in total. The van der Waals surface area contributed by atoms with Gasteiger partial charge in [0.1, 0.15) is 17.2 Å². The molecular weight excluding hydrogens is 310 g/mol. The van der Waals surface area contributed by atoms with E-state index in [1.165, 1.54) is 11.1 Å². The molecule has 4 rings (SSSR count). The van der Waals surface area contributed by atoms with Gasteiger partial charge < -0.3 is 5.32 Å². The Balaban J connectivity index is 1.81. The van der Waals surface area contributed by atoms with Gasteiger partial charge in [0.05, 0.1) is 0 Å². The molecule has 2 heterocycles. The van der Waals surface area contributed by atoms with Gasteiger partial charge in [-0.15, -0.1) is 0 Å². The van der Waals surface area contributed by atoms with E-state index in [1.807, 2.05) is 28.8 Å². The van der Waals surface area contributed by atoms with Crippen molar-refractivity contribution in [1.29, 1.82) is 0 Å². The third kappa shape index (κ3) is 3.04. The molecule has 1 saturated carbocycles. The number of rotatable bonds is 3. The lowest BCUT2D eigenvalue weighted by molar-refractivity contribution is -0.119. The van der Waals surface area contributed by atoms with Crippen LogP contribution in [0.1, 0.15) is 36.8 Å². The smallest absolute Gasteiger partial charge is 0.228 e. The summed E-state index contributed by atoms with van der Waals surface area (Å²) in [5.74, 6) is 1.02. The highest BCUT2D eigenvalue weighted by Gasteiger charge is 2.25. The van der Waals surface area contributed by atoms with Gasteiger partial charge in [0.2, 0.25) is 5.91 Å². The Morgan fingerprint density at radius 3 is 2.56 bits per heavy atom. The highest BCUT2D eigenvalue weighted by atomic mass is 16.2. The molecular formula is C21H23N3O. The molecule has 1 N–H and O–H groups in total. The van der Waals surface area contributed by atoms with E-state index >= 15 is 0 Å². The topological polar surface area (TPSA) is 46.4 Å². The molecule has 1 aliphatic carbocycles. The largest absolute Gasteiger partial charge is 0.310 e. The number of aromatic nitrogens is 2. The second kappa shape index (κ2) is 6.36. The van der Waals surface area contributed by atoms with Crippen LogP contribution in [0.15, 0.2) is 42.6 Å². The van der Waals surface area contributed by atoms with Gasteiger partial charge in [-0.3, -0.25) is 9.20 Å². The van der Waals surface area contributed by atoms with E-state index in [9.17, 15) is 4.79 Å². The molecule has 0 atom stereocenters. The fourth-order valence-electron chi connectivity index (χ4n) is 3.83. The van der Waals surface area contributed by atoms with Crippen molar-refractivity contribution in [2.45, 2.75) is 39.5 Å². The fourth-order valence-corrected chi connectivity index (χ4v) is 3.83. The number of aryl methyl sites for hydroxylation is 2. The van der Waals surface area contributed by atoms with Gasteiger partial charge in [0.15, 0.2) is 0 Å². The third-order valence-corrected chi connectivity index (χ3v) is 4.99. The van der Waals surface area contributed by atoms with Crippen molar-refractivity contribution in [2.75, 3.05) is 5.32 Å². The minimum absolute atomic E-state index is 0.119. The Hall–Kier alpha value is -2.62. The third-order valence-electron chi connectivity index (χ3n) is 4.99. The molecule has 2 aromatic heterocycles. The first kappa shape index (κ1) is 15.9. The number of amides is 1. The Morgan fingerprint density at radius 1 is 1.12 bits per heavy atom. The predicted molar refractivity (Wildman–Crippen MR) is 101 cm³/mol. The van der Waals surface area contributed by atoms with Gasteiger partial charge in [-0.1, -0.05) is 36.1 Å². The van der Waals surface area contributed by atoms with Gasteiger partial charge in [0, 0.05) is 17.7 Å². The number of hydrogen-bond donors (Lipinski definition) is 1. The molecule has 0 saturated heterocycles. The minimum Gasteiger partial charge on any atom is -0.310 e. The summed E-state index contributed by atoms with van der Waals surface area (Å²) in [6, 6.07) is 12.3.